The summed E-state index contributed by atoms with van der Waals surface area (Å²) >= 11 is 2.31. The minimum absolute atomic E-state index is 0.0505. The van der Waals surface area contributed by atoms with E-state index in [-0.39, 0.29) is 25.2 Å². The quantitative estimate of drug-likeness (QED) is 0.0285. The lowest BCUT2D eigenvalue weighted by atomic mass is 9.76. The Hall–Kier alpha value is -4.10. The number of benzene rings is 1. The van der Waals surface area contributed by atoms with E-state index in [0.717, 1.165) is 88.0 Å². The first-order chi connectivity index (χ1) is 28.8. The number of unbranched alkanes of at least 4 members (excludes halogenated alkanes) is 2. The van der Waals surface area contributed by atoms with Crippen molar-refractivity contribution >= 4 is 71.2 Å². The van der Waals surface area contributed by atoms with Gasteiger partial charge in [-0.3, -0.25) is 24.6 Å². The van der Waals surface area contributed by atoms with Gasteiger partial charge in [0.25, 0.3) is 17.7 Å². The number of hydrazone groups is 1. The van der Waals surface area contributed by atoms with Gasteiger partial charge < -0.3 is 23.4 Å². The Morgan fingerprint density at radius 3 is 2.35 bits per heavy atom. The SMILES string of the molecule is CON(C)C(=O)C1=C\N/N=C(/C=C/C=C/C=C/C=C2/N(CCCSO)c3ccc(SO)cc3C2(C)CCCCCC(=O)ON2C(=O)CCC2=O)C(C)(C)\C(CCCSO)=C\1. The molecule has 17 heteroatoms. The number of amides is 3. The fraction of sp³-hybridized carbons (Fsp3) is 0.465. The second-order valence-electron chi connectivity index (χ2n) is 15.2. The first-order valence-corrected chi connectivity index (χ1v) is 22.6. The van der Waals surface area contributed by atoms with Crippen LogP contribution in [0.1, 0.15) is 90.5 Å². The maximum Gasteiger partial charge on any atom is 0.333 e. The minimum Gasteiger partial charge on any atom is -0.344 e. The number of hydrogen-bond acceptors (Lipinski definition) is 15. The third-order valence-corrected chi connectivity index (χ3v) is 12.2. The number of anilines is 1. The number of allylic oxidation sites excluding steroid dienone is 9. The highest BCUT2D eigenvalue weighted by atomic mass is 32.2. The van der Waals surface area contributed by atoms with Crippen LogP contribution in [0.25, 0.3) is 0 Å². The molecule has 0 saturated carbocycles. The molecular formula is C43H57N5O9S3. The van der Waals surface area contributed by atoms with Crippen molar-refractivity contribution < 1.29 is 42.5 Å². The van der Waals surface area contributed by atoms with Gasteiger partial charge >= 0.3 is 5.97 Å². The highest BCUT2D eigenvalue weighted by Crippen LogP contribution is 2.51. The van der Waals surface area contributed by atoms with Crippen LogP contribution in [0.4, 0.5) is 5.69 Å². The van der Waals surface area contributed by atoms with Gasteiger partial charge in [0, 0.05) is 89.7 Å². The number of hydroxylamine groups is 4. The van der Waals surface area contributed by atoms with Gasteiger partial charge in [0.1, 0.15) is 0 Å². The molecule has 0 aromatic heterocycles. The van der Waals surface area contributed by atoms with Crippen molar-refractivity contribution in [3.63, 3.8) is 0 Å². The number of carbonyl (C=O) groups is 4. The molecule has 0 aliphatic carbocycles. The summed E-state index contributed by atoms with van der Waals surface area (Å²) in [7, 11) is 2.98. The number of likely N-dealkylation sites (N-methyl/N-ethyl adjacent to an activating group) is 1. The number of rotatable bonds is 22. The molecule has 1 aromatic rings. The zero-order valence-electron chi connectivity index (χ0n) is 34.9. The van der Waals surface area contributed by atoms with Crippen LogP contribution in [0.5, 0.6) is 0 Å². The van der Waals surface area contributed by atoms with E-state index in [9.17, 15) is 32.8 Å². The Morgan fingerprint density at radius 2 is 1.65 bits per heavy atom. The smallest absolute Gasteiger partial charge is 0.333 e. The molecule has 0 bridgehead atoms. The molecule has 3 aliphatic rings. The predicted molar refractivity (Wildman–Crippen MR) is 240 cm³/mol. The maximum atomic E-state index is 13.0. The fourth-order valence-corrected chi connectivity index (χ4v) is 8.16. The standard InChI is InChI=1S/C43H57N5O9S3/c1-42(2)32(16-14-26-58-53)28-31(41(52)46(4)56-5)30-44-45-36(42)17-10-7-6-8-11-18-37-43(3,24-13-9-12-19-40(51)57-48-38(49)22-23-39(48)50)34-29-33(60-55)20-21-35(34)47(37)25-15-27-59-54/h6-8,10-11,17-18,20-21,28-30,44,53-55H,9,12-16,19,22-27H2,1-5H3/b7-6+,11-8+,17-10+,31-30-,32-28+,37-18+,45-36-. The summed E-state index contributed by atoms with van der Waals surface area (Å²) in [6.45, 7) is 6.97. The number of nitrogens with zero attached hydrogens (tertiary/aromatic N) is 4. The summed E-state index contributed by atoms with van der Waals surface area (Å²) in [5.74, 6) is -0.779. The summed E-state index contributed by atoms with van der Waals surface area (Å²) in [5, 5.41) is 6.36. The first kappa shape index (κ1) is 48.6. The monoisotopic (exact) mass is 883 g/mol. The Morgan fingerprint density at radius 1 is 0.950 bits per heavy atom. The van der Waals surface area contributed by atoms with E-state index in [4.69, 9.17) is 9.68 Å². The van der Waals surface area contributed by atoms with Crippen LogP contribution in [-0.4, -0.2) is 85.4 Å². The maximum absolute atomic E-state index is 13.0. The van der Waals surface area contributed by atoms with E-state index in [1.54, 1.807) is 13.2 Å². The Balaban J connectivity index is 1.52. The average Bonchev–Trinajstić information content (AvgIpc) is 3.67. The topological polar surface area (TPSA) is 182 Å². The van der Waals surface area contributed by atoms with E-state index >= 15 is 0 Å². The molecule has 326 valence electrons. The molecule has 60 heavy (non-hydrogen) atoms. The third kappa shape index (κ3) is 12.7. The summed E-state index contributed by atoms with van der Waals surface area (Å²) in [6.07, 6.45) is 22.2. The summed E-state index contributed by atoms with van der Waals surface area (Å²) in [5.41, 5.74) is 7.29. The Kier molecular flexibility index (Phi) is 19.2. The molecule has 4 rings (SSSR count). The van der Waals surface area contributed by atoms with Gasteiger partial charge in [-0.1, -0.05) is 62.6 Å². The normalized spacial score (nSPS) is 22.4. The lowest BCUT2D eigenvalue weighted by Gasteiger charge is -2.30. The van der Waals surface area contributed by atoms with Gasteiger partial charge in [-0.2, -0.15) is 5.10 Å². The Labute approximate surface area is 366 Å². The van der Waals surface area contributed by atoms with Crippen molar-refractivity contribution in [2.45, 2.75) is 95.3 Å². The van der Waals surface area contributed by atoms with Crippen LogP contribution in [0, 0.1) is 5.41 Å². The van der Waals surface area contributed by atoms with Gasteiger partial charge in [-0.05, 0) is 105 Å². The summed E-state index contributed by atoms with van der Waals surface area (Å²) in [4.78, 5) is 62.2. The molecule has 0 radical (unpaired) electrons. The van der Waals surface area contributed by atoms with Gasteiger partial charge in [-0.25, -0.2) is 9.86 Å². The average molecular weight is 884 g/mol. The molecular weight excluding hydrogens is 827 g/mol. The minimum atomic E-state index is -0.606. The molecule has 4 N–H and O–H groups in total. The van der Waals surface area contributed by atoms with Crippen molar-refractivity contribution in [3.05, 3.63) is 95.4 Å². The molecule has 3 amide bonds. The van der Waals surface area contributed by atoms with Crippen LogP contribution < -0.4 is 10.3 Å². The van der Waals surface area contributed by atoms with Crippen molar-refractivity contribution in [2.75, 3.05) is 37.1 Å². The largest absolute Gasteiger partial charge is 0.344 e. The van der Waals surface area contributed by atoms with E-state index in [2.05, 4.69) is 42.3 Å². The van der Waals surface area contributed by atoms with Crippen LogP contribution in [0.3, 0.4) is 0 Å². The number of nitrogens with one attached hydrogen (secondary N) is 1. The molecule has 3 heterocycles. The van der Waals surface area contributed by atoms with E-state index in [1.807, 2.05) is 60.7 Å². The van der Waals surface area contributed by atoms with Crippen LogP contribution >= 0.6 is 36.1 Å². The lowest BCUT2D eigenvalue weighted by molar-refractivity contribution is -0.197. The van der Waals surface area contributed by atoms with Gasteiger partial charge in [0.2, 0.25) is 0 Å². The molecule has 1 atom stereocenters. The lowest BCUT2D eigenvalue weighted by Crippen LogP contribution is -2.32. The molecule has 1 unspecified atom stereocenters. The predicted octanol–water partition coefficient (Wildman–Crippen LogP) is 8.84. The molecule has 1 aromatic carbocycles. The Bertz CT molecular complexity index is 1910. The van der Waals surface area contributed by atoms with Crippen molar-refractivity contribution in [3.8, 4) is 0 Å². The molecule has 3 aliphatic heterocycles. The third-order valence-electron chi connectivity index (χ3n) is 10.8. The van der Waals surface area contributed by atoms with E-state index in [0.29, 0.717) is 60.0 Å². The zero-order valence-corrected chi connectivity index (χ0v) is 37.4. The number of fused-ring (bicyclic) bond motifs is 1. The highest BCUT2D eigenvalue weighted by molar-refractivity contribution is 7.94. The van der Waals surface area contributed by atoms with Crippen LogP contribution in [0.15, 0.2) is 99.8 Å². The van der Waals surface area contributed by atoms with Gasteiger partial charge in [0.05, 0.1) is 18.4 Å². The first-order valence-electron chi connectivity index (χ1n) is 19.9. The van der Waals surface area contributed by atoms with Crippen LogP contribution in [0.2, 0.25) is 0 Å². The van der Waals surface area contributed by atoms with Crippen molar-refractivity contribution in [1.82, 2.24) is 15.6 Å². The number of carbonyl (C=O) groups excluding carboxylic acids is 4. The second-order valence-corrected chi connectivity index (χ2v) is 17.2. The van der Waals surface area contributed by atoms with E-state index in [1.165, 1.54) is 7.11 Å². The van der Waals surface area contributed by atoms with E-state index < -0.39 is 28.6 Å². The fourth-order valence-electron chi connectivity index (χ4n) is 7.33. The van der Waals surface area contributed by atoms with Gasteiger partial charge in [-0.15, -0.1) is 5.06 Å². The molecule has 14 nitrogen and oxygen atoms in total. The summed E-state index contributed by atoms with van der Waals surface area (Å²) in [6, 6.07) is 5.95. The zero-order chi connectivity index (χ0) is 43.7. The number of imide groups is 1. The molecule has 0 spiro atoms. The van der Waals surface area contributed by atoms with Crippen molar-refractivity contribution in [2.24, 2.45) is 10.5 Å². The second kappa shape index (κ2) is 23.8. The van der Waals surface area contributed by atoms with Gasteiger partial charge in [0.15, 0.2) is 0 Å². The number of hydrogen-bond donors (Lipinski definition) is 4. The summed E-state index contributed by atoms with van der Waals surface area (Å²) < 4.78 is 28.8. The highest BCUT2D eigenvalue weighted by Gasteiger charge is 2.43. The van der Waals surface area contributed by atoms with Crippen LogP contribution in [-0.2, 0) is 34.3 Å². The molecule has 1 fully saturated rings. The van der Waals surface area contributed by atoms with Crippen molar-refractivity contribution in [1.29, 1.82) is 0 Å². The molecule has 1 saturated heterocycles.